The zero-order valence-corrected chi connectivity index (χ0v) is 16.4. The number of aromatic amines is 1. The second kappa shape index (κ2) is 7.40. The highest BCUT2D eigenvalue weighted by Gasteiger charge is 2.44. The molecule has 0 radical (unpaired) electrons. The van der Waals surface area contributed by atoms with E-state index in [1.165, 1.54) is 0 Å². The Labute approximate surface area is 174 Å². The fourth-order valence-corrected chi connectivity index (χ4v) is 4.33. The van der Waals surface area contributed by atoms with Gasteiger partial charge in [0.15, 0.2) is 5.75 Å². The third kappa shape index (κ3) is 3.71. The molecule has 3 aliphatic rings. The number of ether oxygens (including phenoxy) is 2. The normalized spacial score (nSPS) is 23.2. The number of benzene rings is 1. The lowest BCUT2D eigenvalue weighted by Crippen LogP contribution is -2.58. The van der Waals surface area contributed by atoms with Gasteiger partial charge in [0, 0.05) is 30.5 Å². The Hall–Kier alpha value is -2.82. The maximum Gasteiger partial charge on any atom is 0.416 e. The first-order valence-electron chi connectivity index (χ1n) is 9.96. The summed E-state index contributed by atoms with van der Waals surface area (Å²) in [5.74, 6) is 0.171. The van der Waals surface area contributed by atoms with Gasteiger partial charge >= 0.3 is 12.2 Å². The van der Waals surface area contributed by atoms with Gasteiger partial charge in [-0.3, -0.25) is 5.10 Å². The molecule has 2 aromatic rings. The number of hydrogen-bond acceptors (Lipinski definition) is 4. The first-order chi connectivity index (χ1) is 14.8. The molecule has 2 fully saturated rings. The van der Waals surface area contributed by atoms with Crippen LogP contribution in [0.4, 0.5) is 22.4 Å². The number of urea groups is 1. The molecule has 0 spiro atoms. The summed E-state index contributed by atoms with van der Waals surface area (Å²) in [6.45, 7) is 2.30. The minimum atomic E-state index is -4.59. The predicted octanol–water partition coefficient (Wildman–Crippen LogP) is 3.00. The lowest BCUT2D eigenvalue weighted by atomic mass is 9.91. The van der Waals surface area contributed by atoms with E-state index in [0.717, 1.165) is 23.6 Å². The zero-order chi connectivity index (χ0) is 21.8. The molecule has 2 saturated heterocycles. The van der Waals surface area contributed by atoms with Crippen molar-refractivity contribution in [3.8, 4) is 5.75 Å². The number of nitrogens with zero attached hydrogens (tertiary/aromatic N) is 3. The Balaban J connectivity index is 1.11. The van der Waals surface area contributed by atoms with Crippen molar-refractivity contribution < 1.29 is 31.8 Å². The summed E-state index contributed by atoms with van der Waals surface area (Å²) in [7, 11) is 0. The average molecular weight is 440 g/mol. The lowest BCUT2D eigenvalue weighted by molar-refractivity contribution is -0.137. The number of nitrogens with one attached hydrogen (secondary N) is 1. The standard InChI is InChI=1S/C20H20F4N4O3/c21-16-3-13(20(22,23)24)2-1-11(16)9-30-14-6-28(7-14)19(29)27-5-12-10-31-17-4-25-26-18(17)15(12)8-27/h1-4,12,14-15H,5-10H2,(H,25,26)/t12-,15-/m1/s1. The molecule has 0 aliphatic carbocycles. The first kappa shape index (κ1) is 20.1. The molecular weight excluding hydrogens is 420 g/mol. The van der Waals surface area contributed by atoms with E-state index in [0.29, 0.717) is 38.9 Å². The smallest absolute Gasteiger partial charge is 0.416 e. The maximum atomic E-state index is 13.9. The van der Waals surface area contributed by atoms with Crippen LogP contribution in [0.2, 0.25) is 0 Å². The van der Waals surface area contributed by atoms with Gasteiger partial charge in [-0.2, -0.15) is 18.3 Å². The van der Waals surface area contributed by atoms with E-state index in [1.807, 2.05) is 0 Å². The highest BCUT2D eigenvalue weighted by atomic mass is 19.4. The monoisotopic (exact) mass is 440 g/mol. The summed E-state index contributed by atoms with van der Waals surface area (Å²) >= 11 is 0. The van der Waals surface area contributed by atoms with Gasteiger partial charge in [0.05, 0.1) is 49.9 Å². The second-order valence-corrected chi connectivity index (χ2v) is 8.16. The molecule has 0 saturated carbocycles. The fraction of sp³-hybridized carbons (Fsp3) is 0.500. The number of fused-ring (bicyclic) bond motifs is 3. The van der Waals surface area contributed by atoms with Crippen molar-refractivity contribution >= 4 is 6.03 Å². The van der Waals surface area contributed by atoms with E-state index < -0.39 is 17.6 Å². The van der Waals surface area contributed by atoms with Crippen molar-refractivity contribution in [2.45, 2.75) is 24.8 Å². The van der Waals surface area contributed by atoms with Crippen LogP contribution in [-0.2, 0) is 17.5 Å². The molecule has 166 valence electrons. The summed E-state index contributed by atoms with van der Waals surface area (Å²) in [6.07, 6.45) is -3.22. The number of carbonyl (C=O) groups excluding carboxylic acids is 1. The van der Waals surface area contributed by atoms with Crippen molar-refractivity contribution in [3.63, 3.8) is 0 Å². The second-order valence-electron chi connectivity index (χ2n) is 8.16. The molecule has 0 unspecified atom stereocenters. The molecule has 31 heavy (non-hydrogen) atoms. The van der Waals surface area contributed by atoms with Crippen LogP contribution in [0.5, 0.6) is 5.75 Å². The van der Waals surface area contributed by atoms with Gasteiger partial charge in [0.1, 0.15) is 5.82 Å². The third-order valence-corrected chi connectivity index (χ3v) is 6.14. The molecule has 2 amide bonds. The molecule has 3 aliphatic heterocycles. The SMILES string of the molecule is O=C(N1CC(OCc2ccc(C(F)(F)F)cc2F)C1)N1C[C@@H]2COc3cn[nH]c3[C@@H]2C1. The van der Waals surface area contributed by atoms with E-state index in [4.69, 9.17) is 9.47 Å². The van der Waals surface area contributed by atoms with Crippen LogP contribution in [0.1, 0.15) is 22.7 Å². The molecule has 5 rings (SSSR count). The largest absolute Gasteiger partial charge is 0.490 e. The van der Waals surface area contributed by atoms with E-state index in [9.17, 15) is 22.4 Å². The van der Waals surface area contributed by atoms with Crippen molar-refractivity contribution in [2.24, 2.45) is 5.92 Å². The number of amides is 2. The molecular formula is C20H20F4N4O3. The summed E-state index contributed by atoms with van der Waals surface area (Å²) in [4.78, 5) is 16.2. The van der Waals surface area contributed by atoms with Crippen LogP contribution in [0.3, 0.4) is 0 Å². The Bertz CT molecular complexity index is 989. The summed E-state index contributed by atoms with van der Waals surface area (Å²) in [5.41, 5.74) is -0.0558. The minimum Gasteiger partial charge on any atom is -0.490 e. The van der Waals surface area contributed by atoms with Gasteiger partial charge in [-0.25, -0.2) is 9.18 Å². The molecule has 7 nitrogen and oxygen atoms in total. The van der Waals surface area contributed by atoms with Crippen LogP contribution in [-0.4, -0.2) is 64.9 Å². The Kier molecular flexibility index (Phi) is 4.80. The van der Waals surface area contributed by atoms with Crippen LogP contribution < -0.4 is 4.74 Å². The number of hydrogen-bond donors (Lipinski definition) is 1. The van der Waals surface area contributed by atoms with E-state index in [2.05, 4.69) is 10.2 Å². The lowest BCUT2D eigenvalue weighted by Gasteiger charge is -2.40. The quantitative estimate of drug-likeness (QED) is 0.746. The summed E-state index contributed by atoms with van der Waals surface area (Å²) in [6, 6.07) is 2.30. The summed E-state index contributed by atoms with van der Waals surface area (Å²) < 4.78 is 63.1. The minimum absolute atomic E-state index is 0.0526. The van der Waals surface area contributed by atoms with Crippen molar-refractivity contribution in [1.29, 1.82) is 0 Å². The van der Waals surface area contributed by atoms with Gasteiger partial charge in [-0.15, -0.1) is 0 Å². The molecule has 1 aromatic carbocycles. The number of rotatable bonds is 3. The highest BCUT2D eigenvalue weighted by molar-refractivity contribution is 5.76. The Morgan fingerprint density at radius 2 is 2.00 bits per heavy atom. The van der Waals surface area contributed by atoms with Crippen molar-refractivity contribution in [2.75, 3.05) is 32.8 Å². The number of alkyl halides is 3. The van der Waals surface area contributed by atoms with Crippen LogP contribution >= 0.6 is 0 Å². The van der Waals surface area contributed by atoms with Crippen LogP contribution in [0, 0.1) is 11.7 Å². The topological polar surface area (TPSA) is 70.7 Å². The van der Waals surface area contributed by atoms with E-state index in [-0.39, 0.29) is 36.1 Å². The number of aromatic nitrogens is 2. The number of likely N-dealkylation sites (tertiary alicyclic amines) is 2. The molecule has 11 heteroatoms. The zero-order valence-electron chi connectivity index (χ0n) is 16.4. The number of H-pyrrole nitrogens is 1. The predicted molar refractivity (Wildman–Crippen MR) is 98.8 cm³/mol. The van der Waals surface area contributed by atoms with Gasteiger partial charge in [0.25, 0.3) is 0 Å². The maximum absolute atomic E-state index is 13.9. The van der Waals surface area contributed by atoms with Crippen molar-refractivity contribution in [3.05, 3.63) is 47.0 Å². The van der Waals surface area contributed by atoms with E-state index in [1.54, 1.807) is 16.0 Å². The van der Waals surface area contributed by atoms with Gasteiger partial charge in [0.2, 0.25) is 0 Å². The summed E-state index contributed by atoms with van der Waals surface area (Å²) in [5, 5.41) is 6.97. The Morgan fingerprint density at radius 1 is 1.23 bits per heavy atom. The first-order valence-corrected chi connectivity index (χ1v) is 9.96. The molecule has 0 bridgehead atoms. The van der Waals surface area contributed by atoms with Gasteiger partial charge < -0.3 is 19.3 Å². The van der Waals surface area contributed by atoms with Gasteiger partial charge in [-0.05, 0) is 12.1 Å². The third-order valence-electron chi connectivity index (χ3n) is 6.14. The average Bonchev–Trinajstić information content (AvgIpc) is 3.32. The van der Waals surface area contributed by atoms with Gasteiger partial charge in [-0.1, -0.05) is 6.07 Å². The van der Waals surface area contributed by atoms with Crippen LogP contribution in [0.15, 0.2) is 24.4 Å². The van der Waals surface area contributed by atoms with Crippen molar-refractivity contribution in [1.82, 2.24) is 20.0 Å². The van der Waals surface area contributed by atoms with Crippen LogP contribution in [0.25, 0.3) is 0 Å². The Morgan fingerprint density at radius 3 is 2.74 bits per heavy atom. The molecule has 4 heterocycles. The van der Waals surface area contributed by atoms with E-state index >= 15 is 0 Å². The molecule has 1 N–H and O–H groups in total. The molecule has 1 aromatic heterocycles. The number of carbonyl (C=O) groups is 1. The molecule has 2 atom stereocenters. The number of halogens is 4. The highest BCUT2D eigenvalue weighted by Crippen LogP contribution is 2.40. The fourth-order valence-electron chi connectivity index (χ4n) is 4.33.